The summed E-state index contributed by atoms with van der Waals surface area (Å²) in [5, 5.41) is 0. The van der Waals surface area contributed by atoms with Crippen LogP contribution in [0.4, 0.5) is 4.39 Å². The first kappa shape index (κ1) is 12.4. The van der Waals surface area contributed by atoms with Crippen molar-refractivity contribution < 1.29 is 9.18 Å². The van der Waals surface area contributed by atoms with Crippen molar-refractivity contribution in [3.05, 3.63) is 35.6 Å². The summed E-state index contributed by atoms with van der Waals surface area (Å²) >= 11 is 1.78. The second kappa shape index (κ2) is 5.08. The van der Waals surface area contributed by atoms with E-state index >= 15 is 0 Å². The molecule has 4 heteroatoms. The molecule has 1 unspecified atom stereocenters. The van der Waals surface area contributed by atoms with Crippen molar-refractivity contribution in [3.63, 3.8) is 0 Å². The fraction of sp³-hybridized carbons (Fsp3) is 0.462. The maximum Gasteiger partial charge on any atom is 0.254 e. The van der Waals surface area contributed by atoms with Crippen LogP contribution in [-0.2, 0) is 0 Å². The molecule has 0 N–H and O–H groups in total. The van der Waals surface area contributed by atoms with Gasteiger partial charge in [0.2, 0.25) is 0 Å². The van der Waals surface area contributed by atoms with Crippen molar-refractivity contribution in [2.75, 3.05) is 11.6 Å². The van der Waals surface area contributed by atoms with Gasteiger partial charge in [-0.3, -0.25) is 4.79 Å². The van der Waals surface area contributed by atoms with E-state index in [0.29, 0.717) is 11.5 Å². The summed E-state index contributed by atoms with van der Waals surface area (Å²) in [7, 11) is 0. The average molecular weight is 253 g/mol. The Morgan fingerprint density at radius 3 is 2.65 bits per heavy atom. The predicted molar refractivity (Wildman–Crippen MR) is 68.5 cm³/mol. The van der Waals surface area contributed by atoms with E-state index in [1.54, 1.807) is 23.9 Å². The molecule has 17 heavy (non-hydrogen) atoms. The third-order valence-corrected chi connectivity index (χ3v) is 4.08. The summed E-state index contributed by atoms with van der Waals surface area (Å²) in [6, 6.07) is 6.06. The van der Waals surface area contributed by atoms with E-state index in [2.05, 4.69) is 13.8 Å². The summed E-state index contributed by atoms with van der Waals surface area (Å²) in [6.07, 6.45) is 0. The zero-order valence-electron chi connectivity index (χ0n) is 10.0. The summed E-state index contributed by atoms with van der Waals surface area (Å²) < 4.78 is 12.8. The highest BCUT2D eigenvalue weighted by atomic mass is 32.2. The van der Waals surface area contributed by atoms with Gasteiger partial charge in [-0.25, -0.2) is 4.39 Å². The second-order valence-corrected chi connectivity index (χ2v) is 5.59. The molecule has 1 aliphatic heterocycles. The van der Waals surface area contributed by atoms with Gasteiger partial charge in [-0.15, -0.1) is 11.8 Å². The molecular weight excluding hydrogens is 237 g/mol. The van der Waals surface area contributed by atoms with E-state index in [-0.39, 0.29) is 17.8 Å². The third kappa shape index (κ3) is 2.63. The van der Waals surface area contributed by atoms with Crippen LogP contribution >= 0.6 is 11.8 Å². The SMILES string of the molecule is CC(C)C1CSCN1C(=O)c1ccc(F)cc1. The van der Waals surface area contributed by atoms with Crippen LogP contribution in [0.2, 0.25) is 0 Å². The van der Waals surface area contributed by atoms with Crippen LogP contribution in [0.25, 0.3) is 0 Å². The zero-order valence-corrected chi connectivity index (χ0v) is 10.8. The van der Waals surface area contributed by atoms with Crippen LogP contribution in [-0.4, -0.2) is 28.5 Å². The Kier molecular flexibility index (Phi) is 3.72. The number of hydrogen-bond acceptors (Lipinski definition) is 2. The maximum atomic E-state index is 12.8. The molecule has 2 nitrogen and oxygen atoms in total. The Hall–Kier alpha value is -1.03. The smallest absolute Gasteiger partial charge is 0.254 e. The first-order valence-corrected chi connectivity index (χ1v) is 6.89. The number of nitrogens with zero attached hydrogens (tertiary/aromatic N) is 1. The molecule has 1 aromatic carbocycles. The van der Waals surface area contributed by atoms with Crippen LogP contribution in [0.3, 0.4) is 0 Å². The Balaban J connectivity index is 2.17. The predicted octanol–water partition coefficient (Wildman–Crippen LogP) is 3.00. The minimum atomic E-state index is -0.308. The first-order valence-electron chi connectivity index (χ1n) is 5.74. The molecule has 0 aliphatic carbocycles. The lowest BCUT2D eigenvalue weighted by Gasteiger charge is -2.26. The minimum absolute atomic E-state index is 0.00806. The van der Waals surface area contributed by atoms with Crippen LogP contribution in [0, 0.1) is 11.7 Å². The lowest BCUT2D eigenvalue weighted by molar-refractivity contribution is 0.0714. The number of amides is 1. The normalized spacial score (nSPS) is 20.0. The van der Waals surface area contributed by atoms with Gasteiger partial charge in [0.15, 0.2) is 0 Å². The number of rotatable bonds is 2. The van der Waals surface area contributed by atoms with Gasteiger partial charge in [0.05, 0.1) is 5.88 Å². The van der Waals surface area contributed by atoms with Gasteiger partial charge in [0.25, 0.3) is 5.91 Å². The molecule has 1 heterocycles. The van der Waals surface area contributed by atoms with E-state index < -0.39 is 0 Å². The molecule has 0 bridgehead atoms. The molecule has 0 aromatic heterocycles. The van der Waals surface area contributed by atoms with Gasteiger partial charge in [0, 0.05) is 17.4 Å². The summed E-state index contributed by atoms with van der Waals surface area (Å²) in [5.41, 5.74) is 0.569. The molecule has 1 atom stereocenters. The number of thioether (sulfide) groups is 1. The van der Waals surface area contributed by atoms with Crippen molar-refractivity contribution >= 4 is 17.7 Å². The van der Waals surface area contributed by atoms with Gasteiger partial charge < -0.3 is 4.90 Å². The molecule has 0 saturated carbocycles. The van der Waals surface area contributed by atoms with Crippen LogP contribution in [0.5, 0.6) is 0 Å². The molecule has 1 saturated heterocycles. The van der Waals surface area contributed by atoms with Gasteiger partial charge in [-0.05, 0) is 30.2 Å². The fourth-order valence-corrected chi connectivity index (χ4v) is 3.39. The highest BCUT2D eigenvalue weighted by Crippen LogP contribution is 2.27. The van der Waals surface area contributed by atoms with Gasteiger partial charge in [-0.1, -0.05) is 13.8 Å². The van der Waals surface area contributed by atoms with E-state index in [0.717, 1.165) is 11.6 Å². The van der Waals surface area contributed by atoms with E-state index in [1.165, 1.54) is 12.1 Å². The maximum absolute atomic E-state index is 12.8. The lowest BCUT2D eigenvalue weighted by Crippen LogP contribution is -2.39. The van der Waals surface area contributed by atoms with Gasteiger partial charge in [0.1, 0.15) is 5.82 Å². The number of benzene rings is 1. The number of carbonyl (C=O) groups excluding carboxylic acids is 1. The highest BCUT2D eigenvalue weighted by Gasteiger charge is 2.31. The van der Waals surface area contributed by atoms with E-state index in [9.17, 15) is 9.18 Å². The largest absolute Gasteiger partial charge is 0.325 e. The Bertz CT molecular complexity index is 404. The number of carbonyl (C=O) groups is 1. The van der Waals surface area contributed by atoms with Gasteiger partial charge in [-0.2, -0.15) is 0 Å². The molecule has 0 radical (unpaired) electrons. The van der Waals surface area contributed by atoms with Crippen molar-refractivity contribution in [3.8, 4) is 0 Å². The molecule has 2 rings (SSSR count). The molecule has 1 amide bonds. The van der Waals surface area contributed by atoms with Crippen LogP contribution in [0.15, 0.2) is 24.3 Å². The van der Waals surface area contributed by atoms with Crippen LogP contribution in [0.1, 0.15) is 24.2 Å². The highest BCUT2D eigenvalue weighted by molar-refractivity contribution is 7.99. The van der Waals surface area contributed by atoms with Crippen molar-refractivity contribution in [1.29, 1.82) is 0 Å². The quantitative estimate of drug-likeness (QED) is 0.807. The Labute approximate surface area is 105 Å². The van der Waals surface area contributed by atoms with Crippen molar-refractivity contribution in [2.45, 2.75) is 19.9 Å². The molecular formula is C13H16FNOS. The Morgan fingerprint density at radius 2 is 2.06 bits per heavy atom. The average Bonchev–Trinajstić information content (AvgIpc) is 2.78. The van der Waals surface area contributed by atoms with Crippen molar-refractivity contribution in [1.82, 2.24) is 4.90 Å². The number of halogens is 1. The topological polar surface area (TPSA) is 20.3 Å². The van der Waals surface area contributed by atoms with Gasteiger partial charge >= 0.3 is 0 Å². The molecule has 92 valence electrons. The van der Waals surface area contributed by atoms with Crippen LogP contribution < -0.4 is 0 Å². The Morgan fingerprint density at radius 1 is 1.41 bits per heavy atom. The third-order valence-electron chi connectivity index (χ3n) is 3.04. The minimum Gasteiger partial charge on any atom is -0.325 e. The monoisotopic (exact) mass is 253 g/mol. The summed E-state index contributed by atoms with van der Waals surface area (Å²) in [5.74, 6) is 1.88. The molecule has 1 aromatic rings. The first-order chi connectivity index (χ1) is 8.09. The van der Waals surface area contributed by atoms with Crippen molar-refractivity contribution in [2.24, 2.45) is 5.92 Å². The lowest BCUT2D eigenvalue weighted by atomic mass is 10.0. The summed E-state index contributed by atoms with van der Waals surface area (Å²) in [6.45, 7) is 4.25. The molecule has 1 aliphatic rings. The number of hydrogen-bond donors (Lipinski definition) is 0. The second-order valence-electron chi connectivity index (χ2n) is 4.59. The molecule has 0 spiro atoms. The van der Waals surface area contributed by atoms with E-state index in [4.69, 9.17) is 0 Å². The van der Waals surface area contributed by atoms with E-state index in [1.807, 2.05) is 4.90 Å². The molecule has 1 fully saturated rings. The summed E-state index contributed by atoms with van der Waals surface area (Å²) in [4.78, 5) is 14.2. The zero-order chi connectivity index (χ0) is 12.4. The standard InChI is InChI=1S/C13H16FNOS/c1-9(2)12-7-17-8-15(12)13(16)10-3-5-11(14)6-4-10/h3-6,9,12H,7-8H2,1-2H3. The fourth-order valence-electron chi connectivity index (χ4n) is 1.98.